The van der Waals surface area contributed by atoms with Crippen LogP contribution >= 0.6 is 0 Å². The molecule has 1 heterocycles. The maximum atomic E-state index is 12.0. The number of unbranched alkanes of at least 4 members (excludes halogenated alkanes) is 1. The first kappa shape index (κ1) is 29.3. The van der Waals surface area contributed by atoms with Crippen molar-refractivity contribution in [3.05, 3.63) is 0 Å². The first-order valence-corrected chi connectivity index (χ1v) is 11.1. The van der Waals surface area contributed by atoms with E-state index in [2.05, 4.69) is 0 Å². The van der Waals surface area contributed by atoms with Crippen LogP contribution in [-0.2, 0) is 33.4 Å². The van der Waals surface area contributed by atoms with Crippen molar-refractivity contribution in [2.24, 2.45) is 0 Å². The van der Waals surface area contributed by atoms with Gasteiger partial charge in [-0.3, -0.25) is 38.7 Å². The molecule has 1 saturated heterocycles. The highest BCUT2D eigenvalue weighted by atomic mass is 16.5. The van der Waals surface area contributed by atoms with Crippen LogP contribution in [0.2, 0.25) is 0 Å². The van der Waals surface area contributed by atoms with Crippen LogP contribution in [0.25, 0.3) is 0 Å². The fourth-order valence-corrected chi connectivity index (χ4v) is 4.13. The maximum absolute atomic E-state index is 12.0. The molecule has 1 fully saturated rings. The van der Waals surface area contributed by atoms with Crippen molar-refractivity contribution in [2.45, 2.75) is 37.6 Å². The summed E-state index contributed by atoms with van der Waals surface area (Å²) in [6, 6.07) is 0. The summed E-state index contributed by atoms with van der Waals surface area (Å²) in [7, 11) is 3.34. The molecular weight excluding hydrogens is 452 g/mol. The second kappa shape index (κ2) is 15.2. The van der Waals surface area contributed by atoms with Crippen LogP contribution in [0.5, 0.6) is 0 Å². The van der Waals surface area contributed by atoms with Crippen molar-refractivity contribution in [3.63, 3.8) is 0 Å². The summed E-state index contributed by atoms with van der Waals surface area (Å²) in [5.74, 6) is -2.18. The van der Waals surface area contributed by atoms with Crippen molar-refractivity contribution in [3.8, 4) is 0 Å². The Balaban J connectivity index is 3.24. The summed E-state index contributed by atoms with van der Waals surface area (Å²) in [5, 5.41) is 18.9. The van der Waals surface area contributed by atoms with Crippen LogP contribution in [0.4, 0.5) is 0 Å². The molecule has 0 aliphatic carbocycles. The van der Waals surface area contributed by atoms with Crippen LogP contribution in [0, 0.1) is 0 Å². The quantitative estimate of drug-likeness (QED) is 0.157. The molecule has 13 nitrogen and oxygen atoms in total. The second-order valence-corrected chi connectivity index (χ2v) is 8.57. The summed E-state index contributed by atoms with van der Waals surface area (Å²) in [4.78, 5) is 63.3. The van der Waals surface area contributed by atoms with Gasteiger partial charge in [-0.15, -0.1) is 0 Å². The first-order chi connectivity index (χ1) is 16.1. The predicted molar refractivity (Wildman–Crippen MR) is 119 cm³/mol. The summed E-state index contributed by atoms with van der Waals surface area (Å²) in [6.45, 7) is 1.11. The lowest BCUT2D eigenvalue weighted by Gasteiger charge is -2.48. The molecule has 1 atom stereocenters. The van der Waals surface area contributed by atoms with E-state index in [0.29, 0.717) is 58.2 Å². The van der Waals surface area contributed by atoms with E-state index in [4.69, 9.17) is 9.47 Å². The molecule has 0 aromatic carbocycles. The Hall–Kier alpha value is -2.77. The maximum Gasteiger partial charge on any atom is 0.317 e. The zero-order valence-corrected chi connectivity index (χ0v) is 19.9. The molecule has 1 rings (SSSR count). The van der Waals surface area contributed by atoms with Crippen LogP contribution in [0.3, 0.4) is 0 Å². The normalized spacial score (nSPS) is 19.6. The minimum absolute atomic E-state index is 0.0155. The van der Waals surface area contributed by atoms with Crippen LogP contribution in [-0.4, -0.2) is 133 Å². The lowest BCUT2D eigenvalue weighted by molar-refractivity contribution is -0.152. The molecule has 34 heavy (non-hydrogen) atoms. The predicted octanol–water partition coefficient (Wildman–Crippen LogP) is -0.886. The van der Waals surface area contributed by atoms with E-state index in [-0.39, 0.29) is 38.9 Å². The third-order valence-electron chi connectivity index (χ3n) is 5.90. The number of aliphatic carboxylic acids is 2. The van der Waals surface area contributed by atoms with Crippen molar-refractivity contribution in [2.75, 3.05) is 66.8 Å². The van der Waals surface area contributed by atoms with Crippen molar-refractivity contribution in [1.29, 1.82) is 0 Å². The van der Waals surface area contributed by atoms with Crippen LogP contribution in [0.15, 0.2) is 0 Å². The molecule has 194 valence electrons. The van der Waals surface area contributed by atoms with E-state index in [0.717, 1.165) is 0 Å². The molecule has 0 aromatic rings. The van der Waals surface area contributed by atoms with Crippen molar-refractivity contribution >= 4 is 30.8 Å². The molecule has 0 spiro atoms. The number of nitrogens with zero attached hydrogens (tertiary/aromatic N) is 4. The molecule has 2 N–H and O–H groups in total. The number of carboxylic acids is 2. The number of carbonyl (C=O) groups excluding carboxylic acids is 3. The fourth-order valence-electron chi connectivity index (χ4n) is 4.13. The summed E-state index contributed by atoms with van der Waals surface area (Å²) < 4.78 is 9.81. The van der Waals surface area contributed by atoms with E-state index >= 15 is 0 Å². The molecule has 1 amide bonds. The average molecular weight is 489 g/mol. The van der Waals surface area contributed by atoms with Gasteiger partial charge in [0.25, 0.3) is 12.9 Å². The molecule has 1 aliphatic rings. The van der Waals surface area contributed by atoms with Crippen LogP contribution < -0.4 is 0 Å². The van der Waals surface area contributed by atoms with Crippen molar-refractivity contribution in [1.82, 2.24) is 19.6 Å². The Bertz CT molecular complexity index is 691. The zero-order valence-electron chi connectivity index (χ0n) is 19.9. The third-order valence-corrected chi connectivity index (χ3v) is 5.90. The minimum Gasteiger partial charge on any atom is -0.480 e. The number of rotatable bonds is 16. The Morgan fingerprint density at radius 2 is 1.65 bits per heavy atom. The number of amides is 1. The first-order valence-electron chi connectivity index (χ1n) is 11.1. The number of carboxylic acid groups (broad SMARTS) is 2. The van der Waals surface area contributed by atoms with E-state index in [1.165, 1.54) is 9.80 Å². The summed E-state index contributed by atoms with van der Waals surface area (Å²) in [5.41, 5.74) is -0.863. The van der Waals surface area contributed by atoms with Gasteiger partial charge in [0.05, 0.1) is 13.1 Å². The fraction of sp³-hybridized carbons (Fsp3) is 0.762. The van der Waals surface area contributed by atoms with Gasteiger partial charge in [0.2, 0.25) is 5.91 Å². The van der Waals surface area contributed by atoms with Gasteiger partial charge in [-0.2, -0.15) is 0 Å². The monoisotopic (exact) mass is 488 g/mol. The smallest absolute Gasteiger partial charge is 0.317 e. The zero-order chi connectivity index (χ0) is 25.6. The molecule has 0 bridgehead atoms. The molecule has 0 radical (unpaired) electrons. The molecule has 13 heteroatoms. The number of hydrogen-bond donors (Lipinski definition) is 2. The number of ether oxygens (including phenoxy) is 2. The molecule has 1 unspecified atom stereocenters. The van der Waals surface area contributed by atoms with E-state index in [1.54, 1.807) is 19.0 Å². The minimum atomic E-state index is -1.12. The highest BCUT2D eigenvalue weighted by Crippen LogP contribution is 2.30. The average Bonchev–Trinajstić information content (AvgIpc) is 2.76. The molecule has 0 aromatic heterocycles. The lowest BCUT2D eigenvalue weighted by atomic mass is 9.85. The highest BCUT2D eigenvalue weighted by Gasteiger charge is 2.41. The van der Waals surface area contributed by atoms with Gasteiger partial charge in [-0.1, -0.05) is 6.42 Å². The molecule has 1 aliphatic heterocycles. The van der Waals surface area contributed by atoms with Gasteiger partial charge in [-0.05, 0) is 19.3 Å². The van der Waals surface area contributed by atoms with Gasteiger partial charge in [-0.25, -0.2) is 0 Å². The van der Waals surface area contributed by atoms with E-state index in [9.17, 15) is 34.2 Å². The second-order valence-electron chi connectivity index (χ2n) is 8.57. The van der Waals surface area contributed by atoms with Gasteiger partial charge < -0.3 is 24.6 Å². The van der Waals surface area contributed by atoms with E-state index in [1.807, 2.05) is 4.90 Å². The third kappa shape index (κ3) is 10.4. The lowest BCUT2D eigenvalue weighted by Crippen LogP contribution is -2.61. The Morgan fingerprint density at radius 1 is 0.971 bits per heavy atom. The SMILES string of the molecule is CN(C)C(=O)CCCCC1(N(COC=O)CC(=O)O)CCN(COC=O)CCN(CC(=O)O)C1. The van der Waals surface area contributed by atoms with Crippen molar-refractivity contribution < 1.29 is 43.7 Å². The van der Waals surface area contributed by atoms with Gasteiger partial charge in [0.15, 0.2) is 0 Å². The van der Waals surface area contributed by atoms with Crippen LogP contribution in [0.1, 0.15) is 32.1 Å². The summed E-state index contributed by atoms with van der Waals surface area (Å²) in [6.07, 6.45) is 2.31. The number of hydrogen-bond acceptors (Lipinski definition) is 10. The Kier molecular flexibility index (Phi) is 13.1. The van der Waals surface area contributed by atoms with Gasteiger partial charge in [0, 0.05) is 52.2 Å². The topological polar surface area (TPSA) is 157 Å². The Morgan fingerprint density at radius 3 is 2.24 bits per heavy atom. The van der Waals surface area contributed by atoms with E-state index < -0.39 is 24.0 Å². The largest absolute Gasteiger partial charge is 0.480 e. The highest BCUT2D eigenvalue weighted by molar-refractivity contribution is 5.75. The van der Waals surface area contributed by atoms with Gasteiger partial charge in [0.1, 0.15) is 13.5 Å². The standard InChI is InChI=1S/C21H36N4O9/c1-22(2)18(28)5-3-4-6-21(25(12-20(31)32)15-34-17-27)7-8-23(14-33-16-26)9-10-24(13-21)11-19(29)30/h16-17H,3-15H2,1-2H3,(H,29,30)(H,31,32). The van der Waals surface area contributed by atoms with Gasteiger partial charge >= 0.3 is 11.9 Å². The molecular formula is C21H36N4O9. The Labute approximate surface area is 199 Å². The summed E-state index contributed by atoms with van der Waals surface area (Å²) >= 11 is 0. The number of carbonyl (C=O) groups is 5. The molecule has 0 saturated carbocycles.